The number of nitrogens with one attached hydrogen (secondary N) is 2. The molecule has 2 saturated heterocycles. The van der Waals surface area contributed by atoms with Gasteiger partial charge < -0.3 is 15.2 Å². The van der Waals surface area contributed by atoms with Gasteiger partial charge >= 0.3 is 0 Å². The molecule has 31 heavy (non-hydrogen) atoms. The Morgan fingerprint density at radius 3 is 2.71 bits per heavy atom. The fourth-order valence-electron chi connectivity index (χ4n) is 5.10. The molecule has 2 fully saturated rings. The molecule has 5 rings (SSSR count). The number of fused-ring (bicyclic) bond motifs is 2. The Kier molecular flexibility index (Phi) is 4.69. The lowest BCUT2D eigenvalue weighted by Gasteiger charge is -2.54. The quantitative estimate of drug-likeness (QED) is 0.587. The summed E-state index contributed by atoms with van der Waals surface area (Å²) in [5, 5.41) is 29.0. The lowest BCUT2D eigenvalue weighted by molar-refractivity contribution is -0.0626. The first-order valence-electron chi connectivity index (χ1n) is 10.6. The van der Waals surface area contributed by atoms with Crippen LogP contribution in [-0.4, -0.2) is 48.9 Å². The van der Waals surface area contributed by atoms with Gasteiger partial charge in [-0.3, -0.25) is 5.10 Å². The molecule has 1 aromatic carbocycles. The molecule has 2 bridgehead atoms. The van der Waals surface area contributed by atoms with Gasteiger partial charge in [0.1, 0.15) is 11.9 Å². The van der Waals surface area contributed by atoms with Gasteiger partial charge in [0.2, 0.25) is 5.88 Å². The Hall–Kier alpha value is -3.00. The first-order valence-corrected chi connectivity index (χ1v) is 10.6. The van der Waals surface area contributed by atoms with E-state index in [2.05, 4.69) is 32.6 Å². The van der Waals surface area contributed by atoms with Crippen molar-refractivity contribution in [2.24, 2.45) is 0 Å². The van der Waals surface area contributed by atoms with Gasteiger partial charge in [-0.15, -0.1) is 10.2 Å². The zero-order chi connectivity index (χ0) is 21.6. The monoisotopic (exact) mass is 423 g/mol. The van der Waals surface area contributed by atoms with Crippen molar-refractivity contribution in [2.75, 3.05) is 0 Å². The molecule has 0 radical (unpaired) electrons. The highest BCUT2D eigenvalue weighted by Crippen LogP contribution is 2.42. The van der Waals surface area contributed by atoms with E-state index in [9.17, 15) is 5.11 Å². The van der Waals surface area contributed by atoms with Gasteiger partial charge in [-0.2, -0.15) is 5.10 Å². The number of benzene rings is 1. The number of ether oxygens (including phenoxy) is 1. The minimum atomic E-state index is -1.12. The number of alkyl halides is 1. The minimum absolute atomic E-state index is 0.0949. The number of aromatic amines is 1. The van der Waals surface area contributed by atoms with Crippen molar-refractivity contribution in [3.63, 3.8) is 0 Å². The molecule has 4 atom stereocenters. The summed E-state index contributed by atoms with van der Waals surface area (Å²) in [6.45, 7) is 4.08. The number of hydrogen-bond acceptors (Lipinski definition) is 6. The van der Waals surface area contributed by atoms with E-state index in [0.29, 0.717) is 17.7 Å². The number of hydrogen-bond donors (Lipinski definition) is 3. The first kappa shape index (κ1) is 19.9. The number of nitrogens with zero attached hydrogens (tertiary/aromatic N) is 3. The third kappa shape index (κ3) is 3.65. The smallest absolute Gasteiger partial charge is 0.233 e. The molecule has 3 aromatic rings. The van der Waals surface area contributed by atoms with Crippen molar-refractivity contribution < 1.29 is 14.2 Å². The number of H-pyrrole nitrogens is 1. The summed E-state index contributed by atoms with van der Waals surface area (Å²) < 4.78 is 21.2. The molecule has 0 spiro atoms. The number of halogens is 1. The average Bonchev–Trinajstić information content (AvgIpc) is 3.27. The minimum Gasteiger partial charge on any atom is -0.507 e. The standard InChI is InChI=1S/C23H26FN5O2/c1-22-8-3-9-23(2,29-22)21(24)19(11-22)31-20-7-6-17(27-28-20)16-5-4-14(10-18(16)30)15-12-25-26-13-15/h4-7,10,12-13,19,21,29-30H,3,8-9,11H2,1-2H3,(H,25,26)/t19-,21-,22+,23-/m1/s1. The average molecular weight is 423 g/mol. The molecule has 2 aliphatic rings. The lowest BCUT2D eigenvalue weighted by Crippen LogP contribution is -2.71. The van der Waals surface area contributed by atoms with Crippen LogP contribution in [0.25, 0.3) is 22.4 Å². The second-order valence-electron chi connectivity index (χ2n) is 9.19. The van der Waals surface area contributed by atoms with E-state index >= 15 is 4.39 Å². The fourth-order valence-corrected chi connectivity index (χ4v) is 5.10. The summed E-state index contributed by atoms with van der Waals surface area (Å²) in [5.74, 6) is 0.385. The second kappa shape index (κ2) is 7.30. The predicted molar refractivity (Wildman–Crippen MR) is 114 cm³/mol. The largest absolute Gasteiger partial charge is 0.507 e. The number of phenols is 1. The van der Waals surface area contributed by atoms with Crippen LogP contribution in [-0.2, 0) is 0 Å². The van der Waals surface area contributed by atoms with Crippen LogP contribution in [0.1, 0.15) is 39.5 Å². The van der Waals surface area contributed by atoms with Crippen LogP contribution >= 0.6 is 0 Å². The van der Waals surface area contributed by atoms with E-state index in [1.807, 2.05) is 13.0 Å². The summed E-state index contributed by atoms with van der Waals surface area (Å²) in [6.07, 6.45) is 5.16. The van der Waals surface area contributed by atoms with Gasteiger partial charge in [-0.25, -0.2) is 4.39 Å². The van der Waals surface area contributed by atoms with Crippen molar-refractivity contribution in [1.82, 2.24) is 25.7 Å². The van der Waals surface area contributed by atoms with Crippen LogP contribution < -0.4 is 10.1 Å². The van der Waals surface area contributed by atoms with E-state index < -0.39 is 17.8 Å². The SMILES string of the molecule is C[C@@]12CCC[C@@](C)(N1)[C@H](F)[C@H](Oc1ccc(-c3ccc(-c4cn[nH]c4)cc3O)nn1)C2. The van der Waals surface area contributed by atoms with E-state index in [-0.39, 0.29) is 17.2 Å². The van der Waals surface area contributed by atoms with Gasteiger partial charge in [-0.1, -0.05) is 6.07 Å². The summed E-state index contributed by atoms with van der Waals surface area (Å²) in [6, 6.07) is 8.74. The van der Waals surface area contributed by atoms with Crippen molar-refractivity contribution in [3.05, 3.63) is 42.7 Å². The molecule has 2 aromatic heterocycles. The molecule has 0 saturated carbocycles. The summed E-state index contributed by atoms with van der Waals surface area (Å²) in [7, 11) is 0. The van der Waals surface area contributed by atoms with Crippen molar-refractivity contribution in [2.45, 2.75) is 62.9 Å². The maximum Gasteiger partial charge on any atom is 0.233 e. The van der Waals surface area contributed by atoms with Gasteiger partial charge in [0.05, 0.1) is 17.4 Å². The molecule has 7 nitrogen and oxygen atoms in total. The number of rotatable bonds is 4. The fraction of sp³-hybridized carbons (Fsp3) is 0.435. The van der Waals surface area contributed by atoms with Crippen LogP contribution in [0, 0.1) is 0 Å². The number of phenolic OH excluding ortho intramolecular Hbond substituents is 1. The zero-order valence-electron chi connectivity index (χ0n) is 17.6. The third-order valence-corrected chi connectivity index (χ3v) is 6.62. The maximum atomic E-state index is 15.2. The Labute approximate surface area is 180 Å². The van der Waals surface area contributed by atoms with Crippen LogP contribution in [0.2, 0.25) is 0 Å². The normalized spacial score (nSPS) is 30.2. The molecule has 162 valence electrons. The van der Waals surface area contributed by atoms with E-state index in [0.717, 1.165) is 30.4 Å². The predicted octanol–water partition coefficient (Wildman–Crippen LogP) is 4.02. The second-order valence-corrected chi connectivity index (χ2v) is 9.19. The van der Waals surface area contributed by atoms with Crippen molar-refractivity contribution >= 4 is 0 Å². The summed E-state index contributed by atoms with van der Waals surface area (Å²) in [5.41, 5.74) is 2.09. The highest BCUT2D eigenvalue weighted by Gasteiger charge is 2.53. The molecular weight excluding hydrogens is 397 g/mol. The van der Waals surface area contributed by atoms with Crippen LogP contribution in [0.15, 0.2) is 42.7 Å². The van der Waals surface area contributed by atoms with Gasteiger partial charge in [-0.05, 0) is 56.9 Å². The zero-order valence-corrected chi connectivity index (χ0v) is 17.6. The van der Waals surface area contributed by atoms with Gasteiger partial charge in [0, 0.05) is 35.3 Å². The Morgan fingerprint density at radius 2 is 2.00 bits per heavy atom. The molecular formula is C23H26FN5O2. The maximum absolute atomic E-state index is 15.2. The highest BCUT2D eigenvalue weighted by atomic mass is 19.1. The highest BCUT2D eigenvalue weighted by molar-refractivity contribution is 5.73. The summed E-state index contributed by atoms with van der Waals surface area (Å²) >= 11 is 0. The van der Waals surface area contributed by atoms with Gasteiger partial charge in [0.25, 0.3) is 0 Å². The van der Waals surface area contributed by atoms with Crippen LogP contribution in [0.5, 0.6) is 11.6 Å². The Morgan fingerprint density at radius 1 is 1.13 bits per heavy atom. The van der Waals surface area contributed by atoms with E-state index in [1.165, 1.54) is 0 Å². The van der Waals surface area contributed by atoms with E-state index in [4.69, 9.17) is 4.74 Å². The van der Waals surface area contributed by atoms with E-state index in [1.54, 1.807) is 36.7 Å². The molecule has 2 aliphatic heterocycles. The molecule has 3 N–H and O–H groups in total. The Bertz CT molecular complexity index is 1070. The van der Waals surface area contributed by atoms with Crippen LogP contribution in [0.4, 0.5) is 4.39 Å². The topological polar surface area (TPSA) is 96.0 Å². The molecule has 8 heteroatoms. The van der Waals surface area contributed by atoms with Crippen molar-refractivity contribution in [3.8, 4) is 34.0 Å². The first-order chi connectivity index (χ1) is 14.9. The summed E-state index contributed by atoms with van der Waals surface area (Å²) in [4.78, 5) is 0. The van der Waals surface area contributed by atoms with Crippen molar-refractivity contribution in [1.29, 1.82) is 0 Å². The third-order valence-electron chi connectivity index (χ3n) is 6.62. The Balaban J connectivity index is 1.34. The number of aromatic nitrogens is 4. The van der Waals surface area contributed by atoms with Crippen LogP contribution in [0.3, 0.4) is 0 Å². The van der Waals surface area contributed by atoms with Gasteiger partial charge in [0.15, 0.2) is 6.17 Å². The molecule has 0 amide bonds. The number of aromatic hydroxyl groups is 1. The molecule has 0 aliphatic carbocycles. The lowest BCUT2D eigenvalue weighted by atomic mass is 9.69. The molecule has 4 heterocycles. The number of piperidine rings is 2. The molecule has 0 unspecified atom stereocenters.